The van der Waals surface area contributed by atoms with Crippen molar-refractivity contribution in [2.45, 2.75) is 26.1 Å². The summed E-state index contributed by atoms with van der Waals surface area (Å²) < 4.78 is 5.88. The maximum atomic E-state index is 13.3. The van der Waals surface area contributed by atoms with Gasteiger partial charge in [-0.1, -0.05) is 59.1 Å². The maximum Gasteiger partial charge on any atom is 0.295 e. The lowest BCUT2D eigenvalue weighted by Crippen LogP contribution is -2.29. The van der Waals surface area contributed by atoms with E-state index in [0.29, 0.717) is 28.5 Å². The highest BCUT2D eigenvalue weighted by Gasteiger charge is 2.46. The van der Waals surface area contributed by atoms with Gasteiger partial charge in [-0.2, -0.15) is 0 Å². The molecule has 1 unspecified atom stereocenters. The highest BCUT2D eigenvalue weighted by Crippen LogP contribution is 2.41. The molecular weight excluding hydrogens is 535 g/mol. The smallest absolute Gasteiger partial charge is 0.295 e. The van der Waals surface area contributed by atoms with Crippen LogP contribution in [0.3, 0.4) is 0 Å². The Labute approximate surface area is 236 Å². The number of hydrogen-bond donors (Lipinski definition) is 1. The van der Waals surface area contributed by atoms with Gasteiger partial charge in [0.1, 0.15) is 18.1 Å². The maximum absolute atomic E-state index is 13.3. The van der Waals surface area contributed by atoms with Gasteiger partial charge in [-0.15, -0.1) is 0 Å². The Morgan fingerprint density at radius 1 is 0.923 bits per heavy atom. The molecule has 0 spiro atoms. The number of aliphatic hydroxyl groups is 1. The Bertz CT molecular complexity index is 1570. The van der Waals surface area contributed by atoms with E-state index in [1.54, 1.807) is 67.0 Å². The normalized spacial score (nSPS) is 16.5. The first-order valence-electron chi connectivity index (χ1n) is 12.2. The van der Waals surface area contributed by atoms with Gasteiger partial charge >= 0.3 is 0 Å². The largest absolute Gasteiger partial charge is 0.507 e. The number of pyridine rings is 1. The quantitative estimate of drug-likeness (QED) is 0.151. The second-order valence-corrected chi connectivity index (χ2v) is 10.1. The molecule has 4 aromatic rings. The van der Waals surface area contributed by atoms with E-state index in [-0.39, 0.29) is 22.9 Å². The monoisotopic (exact) mass is 558 g/mol. The van der Waals surface area contributed by atoms with Crippen LogP contribution in [-0.4, -0.2) is 26.7 Å². The van der Waals surface area contributed by atoms with Crippen molar-refractivity contribution in [2.24, 2.45) is 0 Å². The lowest BCUT2D eigenvalue weighted by atomic mass is 9.95. The van der Waals surface area contributed by atoms with Crippen LogP contribution in [0.1, 0.15) is 33.9 Å². The van der Waals surface area contributed by atoms with E-state index >= 15 is 0 Å². The summed E-state index contributed by atoms with van der Waals surface area (Å²) in [5.41, 5.74) is 3.88. The predicted molar refractivity (Wildman–Crippen MR) is 150 cm³/mol. The van der Waals surface area contributed by atoms with Crippen LogP contribution >= 0.6 is 23.2 Å². The van der Waals surface area contributed by atoms with Crippen molar-refractivity contribution in [2.75, 3.05) is 0 Å². The molecule has 2 heterocycles. The standard InChI is InChI=1S/C31H24Cl2N2O4/c1-19-3-2-4-21(15-19)18-39-24-8-5-22(6-9-24)29(36)27-28(23-7-10-25(32)26(33)16-23)35(31(38)30(27)37)17-20-11-13-34-14-12-20/h2-16,28,36H,17-18H2,1H3/b29-27+. The lowest BCUT2D eigenvalue weighted by Gasteiger charge is -2.25. The first-order chi connectivity index (χ1) is 18.8. The number of amides is 1. The predicted octanol–water partition coefficient (Wildman–Crippen LogP) is 6.90. The van der Waals surface area contributed by atoms with Gasteiger partial charge in [-0.3, -0.25) is 14.6 Å². The molecule has 0 bridgehead atoms. The molecule has 1 saturated heterocycles. The number of nitrogens with zero attached hydrogens (tertiary/aromatic N) is 2. The van der Waals surface area contributed by atoms with Gasteiger partial charge in [-0.25, -0.2) is 0 Å². The summed E-state index contributed by atoms with van der Waals surface area (Å²) in [6.45, 7) is 2.55. The number of carbonyl (C=O) groups excluding carboxylic acids is 2. The first-order valence-corrected chi connectivity index (χ1v) is 13.0. The summed E-state index contributed by atoms with van der Waals surface area (Å²) in [6, 6.07) is 22.3. The fourth-order valence-corrected chi connectivity index (χ4v) is 4.90. The SMILES string of the molecule is Cc1cccc(COc2ccc(/C(O)=C3\C(=O)C(=O)N(Cc4ccncc4)C3c3ccc(Cl)c(Cl)c3)cc2)c1. The van der Waals surface area contributed by atoms with Gasteiger partial charge in [0.05, 0.1) is 21.7 Å². The molecule has 0 saturated carbocycles. The van der Waals surface area contributed by atoms with E-state index in [4.69, 9.17) is 27.9 Å². The molecule has 1 atom stereocenters. The zero-order valence-corrected chi connectivity index (χ0v) is 22.5. The number of aromatic nitrogens is 1. The van der Waals surface area contributed by atoms with E-state index < -0.39 is 17.7 Å². The van der Waals surface area contributed by atoms with Gasteiger partial charge in [0.25, 0.3) is 11.7 Å². The van der Waals surface area contributed by atoms with Gasteiger partial charge in [-0.05, 0) is 72.1 Å². The molecule has 39 heavy (non-hydrogen) atoms. The van der Waals surface area contributed by atoms with Crippen molar-refractivity contribution in [1.29, 1.82) is 0 Å². The van der Waals surface area contributed by atoms with Crippen LogP contribution in [0.2, 0.25) is 10.0 Å². The summed E-state index contributed by atoms with van der Waals surface area (Å²) >= 11 is 12.4. The van der Waals surface area contributed by atoms with Gasteiger partial charge in [0.2, 0.25) is 0 Å². The van der Waals surface area contributed by atoms with Gasteiger partial charge < -0.3 is 14.7 Å². The molecule has 1 N–H and O–H groups in total. The summed E-state index contributed by atoms with van der Waals surface area (Å²) in [5, 5.41) is 12.0. The van der Waals surface area contributed by atoms with Crippen LogP contribution in [0.4, 0.5) is 0 Å². The number of Topliss-reactive ketones (excluding diaryl/α,β-unsaturated/α-hetero) is 1. The fraction of sp³-hybridized carbons (Fsp3) is 0.129. The molecule has 6 nitrogen and oxygen atoms in total. The van der Waals surface area contributed by atoms with Crippen LogP contribution in [-0.2, 0) is 22.7 Å². The minimum absolute atomic E-state index is 0.0270. The molecule has 8 heteroatoms. The highest BCUT2D eigenvalue weighted by molar-refractivity contribution is 6.46. The third kappa shape index (κ3) is 5.67. The minimum atomic E-state index is -0.870. The van der Waals surface area contributed by atoms with Gasteiger partial charge in [0.15, 0.2) is 0 Å². The van der Waals surface area contributed by atoms with Crippen LogP contribution < -0.4 is 4.74 Å². The Hall–Kier alpha value is -4.13. The summed E-state index contributed by atoms with van der Waals surface area (Å²) in [4.78, 5) is 32.0. The Morgan fingerprint density at radius 3 is 2.36 bits per heavy atom. The summed E-state index contributed by atoms with van der Waals surface area (Å²) in [7, 11) is 0. The van der Waals surface area contributed by atoms with Crippen LogP contribution in [0, 0.1) is 6.92 Å². The molecule has 1 fully saturated rings. The van der Waals surface area contributed by atoms with Crippen molar-refractivity contribution in [3.05, 3.63) is 135 Å². The van der Waals surface area contributed by atoms with Crippen molar-refractivity contribution in [3.8, 4) is 5.75 Å². The minimum Gasteiger partial charge on any atom is -0.507 e. The molecule has 1 aliphatic heterocycles. The first kappa shape index (κ1) is 26.5. The zero-order chi connectivity index (χ0) is 27.5. The topological polar surface area (TPSA) is 79.7 Å². The second kappa shape index (κ2) is 11.3. The molecule has 1 amide bonds. The second-order valence-electron chi connectivity index (χ2n) is 9.26. The van der Waals surface area contributed by atoms with Crippen LogP contribution in [0.25, 0.3) is 5.76 Å². The Balaban J connectivity index is 1.49. The number of carbonyl (C=O) groups is 2. The third-order valence-electron chi connectivity index (χ3n) is 6.52. The molecule has 0 aliphatic carbocycles. The van der Waals surface area contributed by atoms with E-state index in [0.717, 1.165) is 16.7 Å². The van der Waals surface area contributed by atoms with Crippen LogP contribution in [0.15, 0.2) is 96.8 Å². The summed E-state index contributed by atoms with van der Waals surface area (Å²) in [6.07, 6.45) is 3.23. The molecule has 1 aromatic heterocycles. The number of rotatable bonds is 7. The molecule has 5 rings (SSSR count). The van der Waals surface area contributed by atoms with Crippen molar-refractivity contribution in [3.63, 3.8) is 0 Å². The lowest BCUT2D eigenvalue weighted by molar-refractivity contribution is -0.140. The average molecular weight is 559 g/mol. The van der Waals surface area contributed by atoms with E-state index in [9.17, 15) is 14.7 Å². The molecule has 0 radical (unpaired) electrons. The number of ketones is 1. The average Bonchev–Trinajstić information content (AvgIpc) is 3.19. The number of likely N-dealkylation sites (tertiary alicyclic amines) is 1. The van der Waals surface area contributed by atoms with E-state index in [1.807, 2.05) is 31.2 Å². The Morgan fingerprint density at radius 2 is 1.67 bits per heavy atom. The number of hydrogen-bond acceptors (Lipinski definition) is 5. The molecular formula is C31H24Cl2N2O4. The van der Waals surface area contributed by atoms with Crippen LogP contribution in [0.5, 0.6) is 5.75 Å². The molecule has 196 valence electrons. The summed E-state index contributed by atoms with van der Waals surface area (Å²) in [5.74, 6) is -1.18. The zero-order valence-electron chi connectivity index (χ0n) is 21.0. The van der Waals surface area contributed by atoms with Gasteiger partial charge in [0, 0.05) is 24.5 Å². The van der Waals surface area contributed by atoms with Crippen molar-refractivity contribution >= 4 is 40.7 Å². The number of aryl methyl sites for hydroxylation is 1. The number of aliphatic hydroxyl groups excluding tert-OH is 1. The Kier molecular flexibility index (Phi) is 7.68. The van der Waals surface area contributed by atoms with E-state index in [2.05, 4.69) is 4.98 Å². The molecule has 3 aromatic carbocycles. The van der Waals surface area contributed by atoms with Crippen molar-refractivity contribution in [1.82, 2.24) is 9.88 Å². The van der Waals surface area contributed by atoms with Crippen molar-refractivity contribution < 1.29 is 19.4 Å². The number of benzene rings is 3. The van der Waals surface area contributed by atoms with E-state index in [1.165, 1.54) is 4.90 Å². The third-order valence-corrected chi connectivity index (χ3v) is 7.26. The molecule has 1 aliphatic rings. The fourth-order valence-electron chi connectivity index (χ4n) is 4.59. The highest BCUT2D eigenvalue weighted by atomic mass is 35.5. The number of halogens is 2. The number of ether oxygens (including phenoxy) is 1.